The van der Waals surface area contributed by atoms with E-state index in [9.17, 15) is 22.8 Å². The van der Waals surface area contributed by atoms with Gasteiger partial charge in [0.2, 0.25) is 5.78 Å². The van der Waals surface area contributed by atoms with Crippen molar-refractivity contribution < 1.29 is 27.5 Å². The molecule has 0 aliphatic carbocycles. The SMILES string of the molecule is Cc1ccc(C(=O)COC(=O)c2cnc3ccccc3c2C(F)(F)F)s1. The quantitative estimate of drug-likeness (QED) is 0.489. The summed E-state index contributed by atoms with van der Waals surface area (Å²) in [4.78, 5) is 29.3. The summed E-state index contributed by atoms with van der Waals surface area (Å²) >= 11 is 1.22. The zero-order chi connectivity index (χ0) is 18.9. The number of benzene rings is 1. The Morgan fingerprint density at radius 2 is 1.88 bits per heavy atom. The average molecular weight is 379 g/mol. The molecule has 2 heterocycles. The van der Waals surface area contributed by atoms with Gasteiger partial charge in [0.1, 0.15) is 0 Å². The zero-order valence-electron chi connectivity index (χ0n) is 13.5. The molecule has 0 spiro atoms. The number of hydrogen-bond donors (Lipinski definition) is 0. The number of esters is 1. The number of pyridine rings is 1. The zero-order valence-corrected chi connectivity index (χ0v) is 14.3. The third-order valence-electron chi connectivity index (χ3n) is 3.63. The molecular formula is C18H12F3NO3S. The average Bonchev–Trinajstić information content (AvgIpc) is 3.04. The maximum atomic E-state index is 13.5. The van der Waals surface area contributed by atoms with Crippen LogP contribution in [0.15, 0.2) is 42.6 Å². The largest absolute Gasteiger partial charge is 0.454 e. The molecule has 8 heteroatoms. The summed E-state index contributed by atoms with van der Waals surface area (Å²) in [5, 5.41) is -0.199. The normalized spacial score (nSPS) is 11.5. The Labute approximate surface area is 150 Å². The van der Waals surface area contributed by atoms with E-state index in [1.807, 2.05) is 6.92 Å². The molecule has 0 saturated heterocycles. The third kappa shape index (κ3) is 3.60. The summed E-state index contributed by atoms with van der Waals surface area (Å²) in [5.41, 5.74) is -1.72. The van der Waals surface area contributed by atoms with E-state index < -0.39 is 35.7 Å². The number of rotatable bonds is 4. The Hall–Kier alpha value is -2.74. The molecule has 134 valence electrons. The van der Waals surface area contributed by atoms with E-state index in [1.54, 1.807) is 18.2 Å². The van der Waals surface area contributed by atoms with Crippen LogP contribution in [0.25, 0.3) is 10.9 Å². The number of hydrogen-bond acceptors (Lipinski definition) is 5. The number of Topliss-reactive ketones (excluding diaryl/α,β-unsaturated/α-hetero) is 1. The highest BCUT2D eigenvalue weighted by atomic mass is 32.1. The summed E-state index contributed by atoms with van der Waals surface area (Å²) in [5.74, 6) is -1.71. The molecule has 0 saturated carbocycles. The molecule has 26 heavy (non-hydrogen) atoms. The Balaban J connectivity index is 1.89. The van der Waals surface area contributed by atoms with E-state index in [-0.39, 0.29) is 10.9 Å². The first-order valence-electron chi connectivity index (χ1n) is 7.49. The second kappa shape index (κ2) is 6.87. The van der Waals surface area contributed by atoms with Crippen LogP contribution in [0.3, 0.4) is 0 Å². The van der Waals surface area contributed by atoms with Gasteiger partial charge in [-0.05, 0) is 25.1 Å². The van der Waals surface area contributed by atoms with E-state index in [2.05, 4.69) is 4.98 Å². The second-order valence-electron chi connectivity index (χ2n) is 5.47. The van der Waals surface area contributed by atoms with Crippen LogP contribution in [-0.2, 0) is 10.9 Å². The minimum Gasteiger partial charge on any atom is -0.454 e. The molecule has 0 amide bonds. The molecule has 0 unspecified atom stereocenters. The molecule has 0 aliphatic rings. The molecule has 4 nitrogen and oxygen atoms in total. The van der Waals surface area contributed by atoms with Crippen LogP contribution in [0, 0.1) is 6.92 Å². The molecule has 3 rings (SSSR count). The highest BCUT2D eigenvalue weighted by Crippen LogP contribution is 2.37. The summed E-state index contributed by atoms with van der Waals surface area (Å²) in [6, 6.07) is 8.94. The predicted molar refractivity (Wildman–Crippen MR) is 90.4 cm³/mol. The van der Waals surface area contributed by atoms with Crippen molar-refractivity contribution in [2.75, 3.05) is 6.61 Å². The van der Waals surface area contributed by atoms with E-state index >= 15 is 0 Å². The summed E-state index contributed by atoms with van der Waals surface area (Å²) in [7, 11) is 0. The number of nitrogens with zero attached hydrogens (tertiary/aromatic N) is 1. The number of halogens is 3. The molecule has 0 fully saturated rings. The molecule has 0 atom stereocenters. The summed E-state index contributed by atoms with van der Waals surface area (Å²) in [6.45, 7) is 1.17. The lowest BCUT2D eigenvalue weighted by molar-refractivity contribution is -0.136. The van der Waals surface area contributed by atoms with E-state index in [0.29, 0.717) is 4.88 Å². The molecule has 0 aliphatic heterocycles. The fourth-order valence-electron chi connectivity index (χ4n) is 2.47. The third-order valence-corrected chi connectivity index (χ3v) is 4.67. The number of fused-ring (bicyclic) bond motifs is 1. The number of aromatic nitrogens is 1. The fourth-order valence-corrected chi connectivity index (χ4v) is 3.26. The molecule has 0 N–H and O–H groups in total. The number of alkyl halides is 3. The Bertz CT molecular complexity index is 995. The number of ketones is 1. The van der Waals surface area contributed by atoms with Crippen molar-refractivity contribution in [3.63, 3.8) is 0 Å². The van der Waals surface area contributed by atoms with Crippen molar-refractivity contribution in [3.05, 3.63) is 63.5 Å². The lowest BCUT2D eigenvalue weighted by Crippen LogP contribution is -2.19. The van der Waals surface area contributed by atoms with Gasteiger partial charge in [-0.25, -0.2) is 4.79 Å². The van der Waals surface area contributed by atoms with Gasteiger partial charge in [-0.2, -0.15) is 13.2 Å². The van der Waals surface area contributed by atoms with Gasteiger partial charge in [-0.15, -0.1) is 11.3 Å². The number of ether oxygens (including phenoxy) is 1. The molecular weight excluding hydrogens is 367 g/mol. The van der Waals surface area contributed by atoms with Crippen LogP contribution >= 0.6 is 11.3 Å². The summed E-state index contributed by atoms with van der Waals surface area (Å²) < 4.78 is 45.3. The number of aryl methyl sites for hydroxylation is 1. The number of carbonyl (C=O) groups is 2. The van der Waals surface area contributed by atoms with E-state index in [0.717, 1.165) is 11.1 Å². The van der Waals surface area contributed by atoms with Crippen molar-refractivity contribution >= 4 is 34.0 Å². The van der Waals surface area contributed by atoms with Gasteiger partial charge in [0.15, 0.2) is 6.61 Å². The lowest BCUT2D eigenvalue weighted by atomic mass is 10.0. The van der Waals surface area contributed by atoms with Gasteiger partial charge >= 0.3 is 12.1 Å². The van der Waals surface area contributed by atoms with E-state index in [4.69, 9.17) is 4.74 Å². The maximum absolute atomic E-state index is 13.5. The first-order chi connectivity index (χ1) is 12.3. The molecule has 2 aromatic heterocycles. The van der Waals surface area contributed by atoms with Gasteiger partial charge < -0.3 is 4.74 Å². The molecule has 0 bridgehead atoms. The van der Waals surface area contributed by atoms with E-state index in [1.165, 1.54) is 29.5 Å². The fraction of sp³-hybridized carbons (Fsp3) is 0.167. The van der Waals surface area contributed by atoms with Crippen molar-refractivity contribution in [2.24, 2.45) is 0 Å². The number of para-hydroxylation sites is 1. The van der Waals surface area contributed by atoms with Crippen LogP contribution < -0.4 is 0 Å². The predicted octanol–water partition coefficient (Wildman–Crippen LogP) is 4.66. The summed E-state index contributed by atoms with van der Waals surface area (Å²) in [6.07, 6.45) is -3.95. The molecule has 3 aromatic rings. The van der Waals surface area contributed by atoms with Gasteiger partial charge in [0, 0.05) is 16.5 Å². The number of thiophene rings is 1. The van der Waals surface area contributed by atoms with Crippen molar-refractivity contribution in [1.29, 1.82) is 0 Å². The minimum absolute atomic E-state index is 0.113. The topological polar surface area (TPSA) is 56.3 Å². The van der Waals surface area contributed by atoms with Gasteiger partial charge in [-0.3, -0.25) is 9.78 Å². The highest BCUT2D eigenvalue weighted by molar-refractivity contribution is 7.14. The van der Waals surface area contributed by atoms with Crippen LogP contribution in [0.4, 0.5) is 13.2 Å². The highest BCUT2D eigenvalue weighted by Gasteiger charge is 2.38. The Morgan fingerprint density at radius 1 is 1.15 bits per heavy atom. The monoisotopic (exact) mass is 379 g/mol. The maximum Gasteiger partial charge on any atom is 0.417 e. The van der Waals surface area contributed by atoms with Crippen molar-refractivity contribution in [3.8, 4) is 0 Å². The molecule has 1 aromatic carbocycles. The number of carbonyl (C=O) groups excluding carboxylic acids is 2. The smallest absolute Gasteiger partial charge is 0.417 e. The van der Waals surface area contributed by atoms with Gasteiger partial charge in [-0.1, -0.05) is 18.2 Å². The second-order valence-corrected chi connectivity index (χ2v) is 6.76. The Morgan fingerprint density at radius 3 is 2.54 bits per heavy atom. The first-order valence-corrected chi connectivity index (χ1v) is 8.30. The lowest BCUT2D eigenvalue weighted by Gasteiger charge is -2.14. The van der Waals surface area contributed by atoms with Gasteiger partial charge in [0.05, 0.1) is 21.5 Å². The van der Waals surface area contributed by atoms with Gasteiger partial charge in [0.25, 0.3) is 0 Å². The molecule has 0 radical (unpaired) electrons. The van der Waals surface area contributed by atoms with Crippen molar-refractivity contribution in [1.82, 2.24) is 4.98 Å². The van der Waals surface area contributed by atoms with Crippen LogP contribution in [0.1, 0.15) is 30.5 Å². The van der Waals surface area contributed by atoms with Crippen molar-refractivity contribution in [2.45, 2.75) is 13.1 Å². The standard InChI is InChI=1S/C18H12F3NO3S/c1-10-6-7-15(26-10)14(23)9-25-17(24)12-8-22-13-5-3-2-4-11(13)16(12)18(19,20)21/h2-8H,9H2,1H3. The van der Waals surface area contributed by atoms with Crippen LogP contribution in [0.5, 0.6) is 0 Å². The minimum atomic E-state index is -4.77. The van der Waals surface area contributed by atoms with Crippen LogP contribution in [-0.4, -0.2) is 23.3 Å². The first kappa shape index (κ1) is 18.1. The Kier molecular flexibility index (Phi) is 4.78. The van der Waals surface area contributed by atoms with Crippen LogP contribution in [0.2, 0.25) is 0 Å².